The summed E-state index contributed by atoms with van der Waals surface area (Å²) in [6.45, 7) is 4.71. The van der Waals surface area contributed by atoms with Crippen LogP contribution in [-0.2, 0) is 16.0 Å². The van der Waals surface area contributed by atoms with E-state index in [-0.39, 0.29) is 5.79 Å². The van der Waals surface area contributed by atoms with Gasteiger partial charge in [0.25, 0.3) is 0 Å². The fourth-order valence-electron chi connectivity index (χ4n) is 4.31. The van der Waals surface area contributed by atoms with Crippen LogP contribution < -0.4 is 0 Å². The Hall–Kier alpha value is -1.83. The van der Waals surface area contributed by atoms with Crippen molar-refractivity contribution in [3.8, 4) is 6.07 Å². The molecule has 2 aliphatic rings. The Morgan fingerprint density at radius 3 is 2.62 bits per heavy atom. The summed E-state index contributed by atoms with van der Waals surface area (Å²) in [4.78, 5) is 0. The second-order valence-electron chi connectivity index (χ2n) is 6.99. The number of benzene rings is 1. The molecular weight excluding hydrogens is 300 g/mol. The van der Waals surface area contributed by atoms with Gasteiger partial charge in [-0.3, -0.25) is 0 Å². The molecule has 4 heteroatoms. The summed E-state index contributed by atoms with van der Waals surface area (Å²) in [6.07, 6.45) is 5.28. The van der Waals surface area contributed by atoms with E-state index in [0.29, 0.717) is 5.92 Å². The molecular formula is C20H24N2O2. The van der Waals surface area contributed by atoms with Crippen molar-refractivity contribution in [2.75, 3.05) is 13.2 Å². The SMILES string of the molecule is CCCn1c(C2CCC3(CC2)OCCO3)cc2cc(C#N)ccc21. The van der Waals surface area contributed by atoms with E-state index in [1.807, 2.05) is 12.1 Å². The van der Waals surface area contributed by atoms with Crippen LogP contribution in [0.1, 0.15) is 56.2 Å². The van der Waals surface area contributed by atoms with Crippen LogP contribution in [0.2, 0.25) is 0 Å². The predicted molar refractivity (Wildman–Crippen MR) is 92.8 cm³/mol. The highest BCUT2D eigenvalue weighted by Crippen LogP contribution is 2.43. The van der Waals surface area contributed by atoms with Crippen molar-refractivity contribution in [2.24, 2.45) is 0 Å². The molecule has 1 aliphatic carbocycles. The van der Waals surface area contributed by atoms with Crippen LogP contribution in [0.25, 0.3) is 10.9 Å². The maximum Gasteiger partial charge on any atom is 0.168 e. The summed E-state index contributed by atoms with van der Waals surface area (Å²) in [5, 5.41) is 10.3. The van der Waals surface area contributed by atoms with Gasteiger partial charge in [-0.05, 0) is 49.4 Å². The lowest BCUT2D eigenvalue weighted by molar-refractivity contribution is -0.179. The van der Waals surface area contributed by atoms with Gasteiger partial charge < -0.3 is 14.0 Å². The van der Waals surface area contributed by atoms with Crippen molar-refractivity contribution in [1.29, 1.82) is 5.26 Å². The monoisotopic (exact) mass is 324 g/mol. The third-order valence-electron chi connectivity index (χ3n) is 5.49. The van der Waals surface area contributed by atoms with Gasteiger partial charge in [-0.15, -0.1) is 0 Å². The van der Waals surface area contributed by atoms with Gasteiger partial charge in [-0.25, -0.2) is 0 Å². The highest BCUT2D eigenvalue weighted by atomic mass is 16.7. The largest absolute Gasteiger partial charge is 0.348 e. The van der Waals surface area contributed by atoms with Gasteiger partial charge in [0.2, 0.25) is 0 Å². The van der Waals surface area contributed by atoms with Crippen molar-refractivity contribution >= 4 is 10.9 Å². The molecule has 2 fully saturated rings. The van der Waals surface area contributed by atoms with Crippen molar-refractivity contribution in [3.63, 3.8) is 0 Å². The lowest BCUT2D eigenvalue weighted by Gasteiger charge is -2.35. The standard InChI is InChI=1S/C20H24N2O2/c1-2-9-22-18-4-3-15(14-21)12-17(18)13-19(22)16-5-7-20(8-6-16)23-10-11-24-20/h3-4,12-13,16H,2,5-11H2,1H3. The first kappa shape index (κ1) is 15.7. The van der Waals surface area contributed by atoms with Crippen LogP contribution in [0.15, 0.2) is 24.3 Å². The number of aromatic nitrogens is 1. The van der Waals surface area contributed by atoms with Gasteiger partial charge in [-0.2, -0.15) is 5.26 Å². The van der Waals surface area contributed by atoms with Gasteiger partial charge in [0.1, 0.15) is 0 Å². The zero-order chi connectivity index (χ0) is 16.6. The number of fused-ring (bicyclic) bond motifs is 1. The third kappa shape index (κ3) is 2.62. The Morgan fingerprint density at radius 2 is 1.96 bits per heavy atom. The fourth-order valence-corrected chi connectivity index (χ4v) is 4.31. The number of hydrogen-bond acceptors (Lipinski definition) is 3. The number of nitrogens with zero attached hydrogens (tertiary/aromatic N) is 2. The van der Waals surface area contributed by atoms with Gasteiger partial charge in [0, 0.05) is 36.0 Å². The maximum absolute atomic E-state index is 9.16. The Morgan fingerprint density at radius 1 is 1.21 bits per heavy atom. The first-order valence-electron chi connectivity index (χ1n) is 9.06. The average Bonchev–Trinajstić information content (AvgIpc) is 3.21. The molecule has 0 unspecified atom stereocenters. The van der Waals surface area contributed by atoms with Crippen molar-refractivity contribution in [3.05, 3.63) is 35.5 Å². The molecule has 1 saturated heterocycles. The lowest BCUT2D eigenvalue weighted by atomic mass is 9.83. The van der Waals surface area contributed by atoms with E-state index in [4.69, 9.17) is 14.7 Å². The molecule has 0 N–H and O–H groups in total. The van der Waals surface area contributed by atoms with E-state index in [9.17, 15) is 0 Å². The van der Waals surface area contributed by atoms with Crippen LogP contribution in [0.4, 0.5) is 0 Å². The highest BCUT2D eigenvalue weighted by Gasteiger charge is 2.41. The Labute approximate surface area is 143 Å². The van der Waals surface area contributed by atoms with Crippen LogP contribution >= 0.6 is 0 Å². The minimum atomic E-state index is -0.300. The van der Waals surface area contributed by atoms with Crippen LogP contribution in [0.5, 0.6) is 0 Å². The van der Waals surface area contributed by atoms with Gasteiger partial charge in [-0.1, -0.05) is 6.92 Å². The van der Waals surface area contributed by atoms with Crippen molar-refractivity contribution in [1.82, 2.24) is 4.57 Å². The van der Waals surface area contributed by atoms with Crippen LogP contribution in [0.3, 0.4) is 0 Å². The topological polar surface area (TPSA) is 47.2 Å². The van der Waals surface area contributed by atoms with Crippen LogP contribution in [-0.4, -0.2) is 23.6 Å². The van der Waals surface area contributed by atoms with Gasteiger partial charge >= 0.3 is 0 Å². The molecule has 0 atom stereocenters. The van der Waals surface area contributed by atoms with E-state index < -0.39 is 0 Å². The summed E-state index contributed by atoms with van der Waals surface area (Å²) in [7, 11) is 0. The third-order valence-corrected chi connectivity index (χ3v) is 5.49. The maximum atomic E-state index is 9.16. The molecule has 0 radical (unpaired) electrons. The Kier molecular flexibility index (Phi) is 4.07. The molecule has 1 aromatic heterocycles. The van der Waals surface area contributed by atoms with E-state index in [0.717, 1.165) is 57.4 Å². The first-order valence-corrected chi connectivity index (χ1v) is 9.06. The zero-order valence-electron chi connectivity index (χ0n) is 14.3. The lowest BCUT2D eigenvalue weighted by Crippen LogP contribution is -2.35. The summed E-state index contributed by atoms with van der Waals surface area (Å²) in [6, 6.07) is 10.6. The average molecular weight is 324 g/mol. The second kappa shape index (κ2) is 6.23. The highest BCUT2D eigenvalue weighted by molar-refractivity contribution is 5.83. The molecule has 1 aliphatic heterocycles. The number of ether oxygens (including phenoxy) is 2. The minimum absolute atomic E-state index is 0.300. The van der Waals surface area contributed by atoms with E-state index in [1.54, 1.807) is 0 Å². The molecule has 24 heavy (non-hydrogen) atoms. The summed E-state index contributed by atoms with van der Waals surface area (Å²) >= 11 is 0. The van der Waals surface area contributed by atoms with Crippen LogP contribution in [0, 0.1) is 11.3 Å². The number of rotatable bonds is 3. The molecule has 2 heterocycles. The number of nitriles is 1. The molecule has 1 spiro atoms. The van der Waals surface area contributed by atoms with Crippen molar-refractivity contribution < 1.29 is 9.47 Å². The Bertz CT molecular complexity index is 771. The number of hydrogen-bond donors (Lipinski definition) is 0. The molecule has 126 valence electrons. The minimum Gasteiger partial charge on any atom is -0.348 e. The molecule has 4 nitrogen and oxygen atoms in total. The van der Waals surface area contributed by atoms with E-state index in [1.165, 1.54) is 16.6 Å². The quantitative estimate of drug-likeness (QED) is 0.844. The molecule has 2 aromatic rings. The second-order valence-corrected chi connectivity index (χ2v) is 6.99. The smallest absolute Gasteiger partial charge is 0.168 e. The summed E-state index contributed by atoms with van der Waals surface area (Å²) < 4.78 is 14.2. The number of aryl methyl sites for hydroxylation is 1. The summed E-state index contributed by atoms with van der Waals surface area (Å²) in [5.41, 5.74) is 3.40. The first-order chi connectivity index (χ1) is 11.7. The van der Waals surface area contributed by atoms with E-state index in [2.05, 4.69) is 29.7 Å². The zero-order valence-corrected chi connectivity index (χ0v) is 14.3. The molecule has 1 saturated carbocycles. The molecule has 0 bridgehead atoms. The van der Waals surface area contributed by atoms with E-state index >= 15 is 0 Å². The van der Waals surface area contributed by atoms with Gasteiger partial charge in [0.15, 0.2) is 5.79 Å². The normalized spacial score (nSPS) is 20.7. The van der Waals surface area contributed by atoms with Gasteiger partial charge in [0.05, 0.1) is 24.8 Å². The Balaban J connectivity index is 1.65. The molecule has 0 amide bonds. The fraction of sp³-hybridized carbons (Fsp3) is 0.550. The molecule has 1 aromatic carbocycles. The summed E-state index contributed by atoms with van der Waals surface area (Å²) in [5.74, 6) is 0.249. The van der Waals surface area contributed by atoms with Crippen molar-refractivity contribution in [2.45, 2.75) is 57.3 Å². The molecule has 4 rings (SSSR count). The predicted octanol–water partition coefficient (Wildman–Crippen LogP) is 4.32.